The van der Waals surface area contributed by atoms with Gasteiger partial charge in [-0.25, -0.2) is 0 Å². The summed E-state index contributed by atoms with van der Waals surface area (Å²) in [5, 5.41) is 0.822. The number of ether oxygens (including phenoxy) is 1. The normalized spacial score (nSPS) is 22.8. The van der Waals surface area contributed by atoms with Gasteiger partial charge in [-0.15, -0.1) is 0 Å². The van der Waals surface area contributed by atoms with Gasteiger partial charge >= 0.3 is 0 Å². The van der Waals surface area contributed by atoms with Gasteiger partial charge < -0.3 is 10.5 Å². The van der Waals surface area contributed by atoms with Gasteiger partial charge in [0, 0.05) is 30.3 Å². The standard InChI is InChI=1S/C16H25ClN2O/c1-12(14-7-3-4-8-15(14)17)19(2)16(10-18)13-6-5-9-20-11-13/h3-4,7-8,12-13,16H,5-6,9-11,18H2,1-2H3. The molecule has 112 valence electrons. The average molecular weight is 297 g/mol. The number of likely N-dealkylation sites (N-methyl/N-ethyl adjacent to an activating group) is 1. The lowest BCUT2D eigenvalue weighted by atomic mass is 9.91. The lowest BCUT2D eigenvalue weighted by Gasteiger charge is -2.39. The summed E-state index contributed by atoms with van der Waals surface area (Å²) in [7, 11) is 2.14. The largest absolute Gasteiger partial charge is 0.381 e. The second-order valence-electron chi connectivity index (χ2n) is 5.64. The highest BCUT2D eigenvalue weighted by Gasteiger charge is 2.29. The predicted molar refractivity (Wildman–Crippen MR) is 84.0 cm³/mol. The van der Waals surface area contributed by atoms with Crippen LogP contribution in [-0.2, 0) is 4.74 Å². The van der Waals surface area contributed by atoms with Gasteiger partial charge in [0.1, 0.15) is 0 Å². The molecule has 0 amide bonds. The van der Waals surface area contributed by atoms with Gasteiger partial charge in [0.2, 0.25) is 0 Å². The van der Waals surface area contributed by atoms with E-state index in [1.165, 1.54) is 6.42 Å². The maximum atomic E-state index is 6.31. The third kappa shape index (κ3) is 3.53. The Balaban J connectivity index is 2.11. The van der Waals surface area contributed by atoms with Crippen molar-refractivity contribution >= 4 is 11.6 Å². The zero-order valence-electron chi connectivity index (χ0n) is 12.4. The number of hydrogen-bond donors (Lipinski definition) is 1. The lowest BCUT2D eigenvalue weighted by molar-refractivity contribution is 0.00885. The highest BCUT2D eigenvalue weighted by Crippen LogP contribution is 2.30. The Morgan fingerprint density at radius 2 is 2.20 bits per heavy atom. The SMILES string of the molecule is CC(c1ccccc1Cl)N(C)C(CN)C1CCCOC1. The molecule has 0 aliphatic carbocycles. The highest BCUT2D eigenvalue weighted by molar-refractivity contribution is 6.31. The number of halogens is 1. The summed E-state index contributed by atoms with van der Waals surface area (Å²) in [5.74, 6) is 0.517. The Kier molecular flexibility index (Phi) is 5.85. The number of benzene rings is 1. The first-order valence-corrected chi connectivity index (χ1v) is 7.77. The summed E-state index contributed by atoms with van der Waals surface area (Å²) < 4.78 is 5.62. The molecular formula is C16H25ClN2O. The Morgan fingerprint density at radius 3 is 2.80 bits per heavy atom. The molecule has 3 nitrogen and oxygen atoms in total. The summed E-state index contributed by atoms with van der Waals surface area (Å²) in [6.45, 7) is 4.55. The number of nitrogens with two attached hydrogens (primary N) is 1. The molecule has 4 heteroatoms. The number of hydrogen-bond acceptors (Lipinski definition) is 3. The van der Waals surface area contributed by atoms with Crippen LogP contribution in [0.2, 0.25) is 5.02 Å². The fourth-order valence-electron chi connectivity index (χ4n) is 3.08. The smallest absolute Gasteiger partial charge is 0.0509 e. The second kappa shape index (κ2) is 7.41. The van der Waals surface area contributed by atoms with Crippen molar-refractivity contribution < 1.29 is 4.74 Å². The Hall–Kier alpha value is -0.610. The van der Waals surface area contributed by atoms with Crippen LogP contribution >= 0.6 is 11.6 Å². The van der Waals surface area contributed by atoms with E-state index in [1.54, 1.807) is 0 Å². The fourth-order valence-corrected chi connectivity index (χ4v) is 3.37. The van der Waals surface area contributed by atoms with Gasteiger partial charge in [-0.1, -0.05) is 29.8 Å². The van der Waals surface area contributed by atoms with Gasteiger partial charge in [0.05, 0.1) is 6.61 Å². The predicted octanol–water partition coefficient (Wildman–Crippen LogP) is 3.09. The van der Waals surface area contributed by atoms with Crippen LogP contribution in [0.15, 0.2) is 24.3 Å². The van der Waals surface area contributed by atoms with Crippen LogP contribution in [0.4, 0.5) is 0 Å². The molecule has 0 radical (unpaired) electrons. The minimum atomic E-state index is 0.249. The Labute approximate surface area is 127 Å². The number of rotatable bonds is 5. The maximum Gasteiger partial charge on any atom is 0.0509 e. The van der Waals surface area contributed by atoms with Gasteiger partial charge in [0.25, 0.3) is 0 Å². The van der Waals surface area contributed by atoms with E-state index >= 15 is 0 Å². The van der Waals surface area contributed by atoms with Crippen molar-refractivity contribution in [3.05, 3.63) is 34.9 Å². The zero-order chi connectivity index (χ0) is 14.5. The molecule has 0 bridgehead atoms. The summed E-state index contributed by atoms with van der Waals surface area (Å²) in [5.41, 5.74) is 7.19. The van der Waals surface area contributed by atoms with Crippen molar-refractivity contribution in [2.45, 2.75) is 31.8 Å². The fraction of sp³-hybridized carbons (Fsp3) is 0.625. The van der Waals surface area contributed by atoms with Crippen LogP contribution in [-0.4, -0.2) is 37.7 Å². The van der Waals surface area contributed by atoms with Crippen molar-refractivity contribution in [2.75, 3.05) is 26.8 Å². The molecule has 1 heterocycles. The first-order chi connectivity index (χ1) is 9.65. The van der Waals surface area contributed by atoms with E-state index < -0.39 is 0 Å². The van der Waals surface area contributed by atoms with E-state index in [0.29, 0.717) is 18.5 Å². The van der Waals surface area contributed by atoms with Crippen LogP contribution in [0.5, 0.6) is 0 Å². The molecular weight excluding hydrogens is 272 g/mol. The highest BCUT2D eigenvalue weighted by atomic mass is 35.5. The van der Waals surface area contributed by atoms with Crippen LogP contribution in [0.1, 0.15) is 31.4 Å². The van der Waals surface area contributed by atoms with E-state index in [9.17, 15) is 0 Å². The van der Waals surface area contributed by atoms with Crippen molar-refractivity contribution in [1.29, 1.82) is 0 Å². The zero-order valence-corrected chi connectivity index (χ0v) is 13.1. The van der Waals surface area contributed by atoms with Crippen LogP contribution in [0, 0.1) is 5.92 Å². The maximum absolute atomic E-state index is 6.31. The Bertz CT molecular complexity index is 421. The second-order valence-corrected chi connectivity index (χ2v) is 6.05. The summed E-state index contributed by atoms with van der Waals surface area (Å²) in [4.78, 5) is 2.35. The third-order valence-electron chi connectivity index (χ3n) is 4.47. The van der Waals surface area contributed by atoms with E-state index in [1.807, 2.05) is 18.2 Å². The molecule has 0 saturated carbocycles. The van der Waals surface area contributed by atoms with Crippen LogP contribution < -0.4 is 5.73 Å². The molecule has 1 fully saturated rings. The van der Waals surface area contributed by atoms with E-state index in [-0.39, 0.29) is 6.04 Å². The van der Waals surface area contributed by atoms with E-state index in [0.717, 1.165) is 30.2 Å². The topological polar surface area (TPSA) is 38.5 Å². The first kappa shape index (κ1) is 15.8. The molecule has 3 atom stereocenters. The molecule has 1 aromatic rings. The Morgan fingerprint density at radius 1 is 1.45 bits per heavy atom. The van der Waals surface area contributed by atoms with Crippen LogP contribution in [0.3, 0.4) is 0 Å². The summed E-state index contributed by atoms with van der Waals surface area (Å²) in [6.07, 6.45) is 2.33. The third-order valence-corrected chi connectivity index (χ3v) is 4.81. The molecule has 1 saturated heterocycles. The first-order valence-electron chi connectivity index (χ1n) is 7.39. The molecule has 2 rings (SSSR count). The van der Waals surface area contributed by atoms with Gasteiger partial charge in [-0.3, -0.25) is 4.90 Å². The molecule has 20 heavy (non-hydrogen) atoms. The average Bonchev–Trinajstić information content (AvgIpc) is 2.49. The molecule has 1 aromatic carbocycles. The van der Waals surface area contributed by atoms with Crippen molar-refractivity contribution in [3.8, 4) is 0 Å². The molecule has 0 spiro atoms. The van der Waals surface area contributed by atoms with Crippen molar-refractivity contribution in [2.24, 2.45) is 11.7 Å². The monoisotopic (exact) mass is 296 g/mol. The van der Waals surface area contributed by atoms with Crippen molar-refractivity contribution in [3.63, 3.8) is 0 Å². The van der Waals surface area contributed by atoms with Gasteiger partial charge in [-0.2, -0.15) is 0 Å². The lowest BCUT2D eigenvalue weighted by Crippen LogP contribution is -2.47. The van der Waals surface area contributed by atoms with Gasteiger partial charge in [0.15, 0.2) is 0 Å². The molecule has 1 aliphatic rings. The molecule has 3 unspecified atom stereocenters. The minimum Gasteiger partial charge on any atom is -0.381 e. The summed E-state index contributed by atoms with van der Waals surface area (Å²) in [6, 6.07) is 8.62. The molecule has 1 aliphatic heterocycles. The van der Waals surface area contributed by atoms with Crippen molar-refractivity contribution in [1.82, 2.24) is 4.90 Å². The molecule has 2 N–H and O–H groups in total. The minimum absolute atomic E-state index is 0.249. The van der Waals surface area contributed by atoms with Crippen LogP contribution in [0.25, 0.3) is 0 Å². The van der Waals surface area contributed by atoms with Gasteiger partial charge in [-0.05, 0) is 44.4 Å². The number of nitrogens with zero attached hydrogens (tertiary/aromatic N) is 1. The molecule has 0 aromatic heterocycles. The quantitative estimate of drug-likeness (QED) is 0.907. The van der Waals surface area contributed by atoms with E-state index in [4.69, 9.17) is 22.1 Å². The summed E-state index contributed by atoms with van der Waals surface area (Å²) >= 11 is 6.31. The van der Waals surface area contributed by atoms with E-state index in [2.05, 4.69) is 24.9 Å².